The van der Waals surface area contributed by atoms with Gasteiger partial charge in [0.25, 0.3) is 0 Å². The molecule has 2 aromatic rings. The average Bonchev–Trinajstić information content (AvgIpc) is 2.45. The summed E-state index contributed by atoms with van der Waals surface area (Å²) in [4.78, 5) is 8.21. The summed E-state index contributed by atoms with van der Waals surface area (Å²) in [6.45, 7) is 5.13. The van der Waals surface area contributed by atoms with Crippen LogP contribution in [-0.4, -0.2) is 16.5 Å². The SMILES string of the molecule is CCCNC(c1cncnc1)c1cccc(Cl)c1C. The zero-order valence-electron chi connectivity index (χ0n) is 11.2. The molecule has 0 fully saturated rings. The van der Waals surface area contributed by atoms with E-state index >= 15 is 0 Å². The molecule has 0 radical (unpaired) electrons. The molecule has 1 atom stereocenters. The van der Waals surface area contributed by atoms with Crippen molar-refractivity contribution in [2.75, 3.05) is 6.54 Å². The van der Waals surface area contributed by atoms with Gasteiger partial charge in [0, 0.05) is 23.0 Å². The van der Waals surface area contributed by atoms with Gasteiger partial charge in [0.05, 0.1) is 6.04 Å². The van der Waals surface area contributed by atoms with Crippen LogP contribution in [0.25, 0.3) is 0 Å². The van der Waals surface area contributed by atoms with E-state index in [1.807, 2.05) is 31.5 Å². The predicted molar refractivity (Wildman–Crippen MR) is 78.4 cm³/mol. The molecule has 1 aromatic heterocycles. The van der Waals surface area contributed by atoms with Crippen LogP contribution in [0.1, 0.15) is 36.1 Å². The third-order valence-corrected chi connectivity index (χ3v) is 3.54. The van der Waals surface area contributed by atoms with Crippen LogP contribution < -0.4 is 5.32 Å². The Labute approximate surface area is 119 Å². The number of benzene rings is 1. The Morgan fingerprint density at radius 3 is 2.68 bits per heavy atom. The maximum atomic E-state index is 6.22. The van der Waals surface area contributed by atoms with Crippen molar-refractivity contribution in [2.45, 2.75) is 26.3 Å². The fraction of sp³-hybridized carbons (Fsp3) is 0.333. The molecule has 3 nitrogen and oxygen atoms in total. The highest BCUT2D eigenvalue weighted by Gasteiger charge is 2.16. The first-order valence-corrected chi connectivity index (χ1v) is 6.85. The van der Waals surface area contributed by atoms with Crippen molar-refractivity contribution in [3.8, 4) is 0 Å². The van der Waals surface area contributed by atoms with Gasteiger partial charge in [0.2, 0.25) is 0 Å². The summed E-state index contributed by atoms with van der Waals surface area (Å²) in [5.41, 5.74) is 3.33. The van der Waals surface area contributed by atoms with E-state index in [0.717, 1.165) is 29.1 Å². The molecule has 0 aliphatic carbocycles. The lowest BCUT2D eigenvalue weighted by molar-refractivity contribution is 0.593. The molecule has 4 heteroatoms. The van der Waals surface area contributed by atoms with Gasteiger partial charge in [0.15, 0.2) is 0 Å². The number of rotatable bonds is 5. The molecular weight excluding hydrogens is 258 g/mol. The highest BCUT2D eigenvalue weighted by Crippen LogP contribution is 2.28. The summed E-state index contributed by atoms with van der Waals surface area (Å²) in [6.07, 6.45) is 6.32. The molecule has 0 amide bonds. The molecule has 1 N–H and O–H groups in total. The standard InChI is InChI=1S/C15H18ClN3/c1-3-7-19-15(12-8-17-10-18-9-12)13-5-4-6-14(16)11(13)2/h4-6,8-10,15,19H,3,7H2,1-2H3. The Hall–Kier alpha value is -1.45. The van der Waals surface area contributed by atoms with Gasteiger partial charge in [-0.3, -0.25) is 0 Å². The second-order valence-electron chi connectivity index (χ2n) is 4.51. The maximum absolute atomic E-state index is 6.22. The van der Waals surface area contributed by atoms with E-state index in [2.05, 4.69) is 28.3 Å². The Morgan fingerprint density at radius 1 is 1.26 bits per heavy atom. The summed E-state index contributed by atoms with van der Waals surface area (Å²) in [5, 5.41) is 4.32. The maximum Gasteiger partial charge on any atom is 0.115 e. The Kier molecular flexibility index (Phi) is 4.88. The molecule has 0 saturated heterocycles. The molecule has 0 aliphatic heterocycles. The quantitative estimate of drug-likeness (QED) is 0.907. The summed E-state index contributed by atoms with van der Waals surface area (Å²) in [5.74, 6) is 0. The molecule has 0 bridgehead atoms. The minimum Gasteiger partial charge on any atom is -0.306 e. The predicted octanol–water partition coefficient (Wildman–Crippen LogP) is 3.53. The number of hydrogen-bond acceptors (Lipinski definition) is 3. The zero-order valence-corrected chi connectivity index (χ0v) is 12.0. The van der Waals surface area contributed by atoms with E-state index in [0.29, 0.717) is 0 Å². The van der Waals surface area contributed by atoms with E-state index in [1.165, 1.54) is 5.56 Å². The first-order chi connectivity index (χ1) is 9.24. The summed E-state index contributed by atoms with van der Waals surface area (Å²) in [6, 6.07) is 6.08. The fourth-order valence-electron chi connectivity index (χ4n) is 2.09. The van der Waals surface area contributed by atoms with Crippen molar-refractivity contribution in [2.24, 2.45) is 0 Å². The molecular formula is C15H18ClN3. The van der Waals surface area contributed by atoms with Crippen LogP contribution in [0, 0.1) is 6.92 Å². The Morgan fingerprint density at radius 2 is 2.00 bits per heavy atom. The van der Waals surface area contributed by atoms with Crippen molar-refractivity contribution in [3.63, 3.8) is 0 Å². The molecule has 0 spiro atoms. The highest BCUT2D eigenvalue weighted by atomic mass is 35.5. The highest BCUT2D eigenvalue weighted by molar-refractivity contribution is 6.31. The third-order valence-electron chi connectivity index (χ3n) is 3.13. The first-order valence-electron chi connectivity index (χ1n) is 6.47. The summed E-state index contributed by atoms with van der Waals surface area (Å²) >= 11 is 6.22. The van der Waals surface area contributed by atoms with Crippen LogP contribution in [-0.2, 0) is 0 Å². The number of nitrogens with one attached hydrogen (secondary N) is 1. The lowest BCUT2D eigenvalue weighted by atomic mass is 9.96. The van der Waals surface area contributed by atoms with Gasteiger partial charge in [0.1, 0.15) is 6.33 Å². The van der Waals surface area contributed by atoms with Crippen molar-refractivity contribution in [1.29, 1.82) is 0 Å². The van der Waals surface area contributed by atoms with Crippen LogP contribution in [0.5, 0.6) is 0 Å². The second-order valence-corrected chi connectivity index (χ2v) is 4.92. The molecule has 1 heterocycles. The second kappa shape index (κ2) is 6.64. The van der Waals surface area contributed by atoms with Crippen LogP contribution in [0.15, 0.2) is 36.9 Å². The van der Waals surface area contributed by atoms with Crippen LogP contribution in [0.4, 0.5) is 0 Å². The van der Waals surface area contributed by atoms with Crippen molar-refractivity contribution >= 4 is 11.6 Å². The molecule has 19 heavy (non-hydrogen) atoms. The molecule has 0 aliphatic rings. The molecule has 1 aromatic carbocycles. The smallest absolute Gasteiger partial charge is 0.115 e. The lowest BCUT2D eigenvalue weighted by Crippen LogP contribution is -2.24. The van der Waals surface area contributed by atoms with Gasteiger partial charge >= 0.3 is 0 Å². The molecule has 2 rings (SSSR count). The monoisotopic (exact) mass is 275 g/mol. The van der Waals surface area contributed by atoms with E-state index in [9.17, 15) is 0 Å². The zero-order chi connectivity index (χ0) is 13.7. The number of halogens is 1. The molecule has 1 unspecified atom stereocenters. The van der Waals surface area contributed by atoms with E-state index in [1.54, 1.807) is 6.33 Å². The minimum absolute atomic E-state index is 0.0832. The number of nitrogens with zero attached hydrogens (tertiary/aromatic N) is 2. The minimum atomic E-state index is 0.0832. The van der Waals surface area contributed by atoms with E-state index < -0.39 is 0 Å². The topological polar surface area (TPSA) is 37.8 Å². The van der Waals surface area contributed by atoms with Crippen molar-refractivity contribution < 1.29 is 0 Å². The Bertz CT molecular complexity index is 528. The van der Waals surface area contributed by atoms with Crippen LogP contribution >= 0.6 is 11.6 Å². The molecule has 100 valence electrons. The third kappa shape index (κ3) is 3.31. The van der Waals surface area contributed by atoms with Gasteiger partial charge in [-0.2, -0.15) is 0 Å². The summed E-state index contributed by atoms with van der Waals surface area (Å²) in [7, 11) is 0. The van der Waals surface area contributed by atoms with E-state index in [4.69, 9.17) is 11.6 Å². The number of hydrogen-bond donors (Lipinski definition) is 1. The molecule has 0 saturated carbocycles. The lowest BCUT2D eigenvalue weighted by Gasteiger charge is -2.21. The van der Waals surface area contributed by atoms with Gasteiger partial charge < -0.3 is 5.32 Å². The van der Waals surface area contributed by atoms with Gasteiger partial charge in [-0.1, -0.05) is 30.7 Å². The largest absolute Gasteiger partial charge is 0.306 e. The first kappa shape index (κ1) is 14.0. The summed E-state index contributed by atoms with van der Waals surface area (Å²) < 4.78 is 0. The van der Waals surface area contributed by atoms with Gasteiger partial charge in [-0.15, -0.1) is 0 Å². The van der Waals surface area contributed by atoms with Crippen LogP contribution in [0.2, 0.25) is 5.02 Å². The van der Waals surface area contributed by atoms with Gasteiger partial charge in [-0.05, 0) is 37.1 Å². The number of aromatic nitrogens is 2. The Balaban J connectivity index is 2.40. The average molecular weight is 276 g/mol. The fourth-order valence-corrected chi connectivity index (χ4v) is 2.27. The normalized spacial score (nSPS) is 12.4. The van der Waals surface area contributed by atoms with Crippen molar-refractivity contribution in [1.82, 2.24) is 15.3 Å². The van der Waals surface area contributed by atoms with Crippen LogP contribution in [0.3, 0.4) is 0 Å². The van der Waals surface area contributed by atoms with E-state index in [-0.39, 0.29) is 6.04 Å². The van der Waals surface area contributed by atoms with Gasteiger partial charge in [-0.25, -0.2) is 9.97 Å². The van der Waals surface area contributed by atoms with Crippen molar-refractivity contribution in [3.05, 3.63) is 58.6 Å².